The molecule has 1 unspecified atom stereocenters. The highest BCUT2D eigenvalue weighted by Crippen LogP contribution is 1.95. The summed E-state index contributed by atoms with van der Waals surface area (Å²) >= 11 is 0. The molecule has 4 heteroatoms. The van der Waals surface area contributed by atoms with E-state index in [1.54, 1.807) is 0 Å². The van der Waals surface area contributed by atoms with E-state index in [1.807, 2.05) is 0 Å². The number of aliphatic hydroxyl groups is 2. The second kappa shape index (κ2) is 4.03. The molecule has 0 aromatic rings. The number of hydrogen-bond acceptors (Lipinski definition) is 4. The Bertz CT molecular complexity index is 130. The summed E-state index contributed by atoms with van der Waals surface area (Å²) in [6, 6.07) is 0. The summed E-state index contributed by atoms with van der Waals surface area (Å²) < 4.78 is 4.40. The van der Waals surface area contributed by atoms with Gasteiger partial charge in [-0.05, 0) is 6.92 Å². The first-order valence-electron chi connectivity index (χ1n) is 2.77. The van der Waals surface area contributed by atoms with Gasteiger partial charge in [-0.3, -0.25) is 0 Å². The third-order valence-corrected chi connectivity index (χ3v) is 0.889. The number of rotatable bonds is 3. The minimum absolute atomic E-state index is 0.666. The lowest BCUT2D eigenvalue weighted by Gasteiger charge is -2.12. The van der Waals surface area contributed by atoms with Gasteiger partial charge in [0.1, 0.15) is 6.10 Å². The molecule has 0 bridgehead atoms. The maximum atomic E-state index is 10.4. The molecule has 2 N–H and O–H groups in total. The molecule has 4 nitrogen and oxygen atoms in total. The molecule has 0 spiro atoms. The molecule has 0 aromatic heterocycles. The number of hydrogen-bond donors (Lipinski definition) is 2. The van der Waals surface area contributed by atoms with Crippen LogP contribution in [0.3, 0.4) is 0 Å². The van der Waals surface area contributed by atoms with E-state index in [1.165, 1.54) is 6.92 Å². The smallest absolute Gasteiger partial charge is 0.330 e. The molecule has 58 valence electrons. The molecule has 0 aliphatic carbocycles. The summed E-state index contributed by atoms with van der Waals surface area (Å²) in [6.45, 7) is 4.50. The zero-order valence-electron chi connectivity index (χ0n) is 5.65. The van der Waals surface area contributed by atoms with Crippen molar-refractivity contribution in [2.45, 2.75) is 19.3 Å². The Morgan fingerprint density at radius 3 is 2.50 bits per heavy atom. The van der Waals surface area contributed by atoms with E-state index in [-0.39, 0.29) is 0 Å². The predicted octanol–water partition coefficient (Wildman–Crippen LogP) is -0.585. The molecule has 1 atom stereocenters. The maximum Gasteiger partial charge on any atom is 0.330 e. The van der Waals surface area contributed by atoms with Crippen molar-refractivity contribution in [1.82, 2.24) is 0 Å². The van der Waals surface area contributed by atoms with Gasteiger partial charge in [0.25, 0.3) is 0 Å². The van der Waals surface area contributed by atoms with Gasteiger partial charge in [0.05, 0.1) is 0 Å². The van der Waals surface area contributed by atoms with E-state index >= 15 is 0 Å². The quantitative estimate of drug-likeness (QED) is 0.317. The normalized spacial score (nSPS) is 12.8. The summed E-state index contributed by atoms with van der Waals surface area (Å²) in [5.74, 6) is -0.666. The van der Waals surface area contributed by atoms with Gasteiger partial charge in [0.15, 0.2) is 6.29 Å². The third kappa shape index (κ3) is 3.21. The Balaban J connectivity index is 3.67. The van der Waals surface area contributed by atoms with Crippen LogP contribution in [0.25, 0.3) is 0 Å². The summed E-state index contributed by atoms with van der Waals surface area (Å²) in [5.41, 5.74) is 0. The number of carbonyl (C=O) groups is 1. The van der Waals surface area contributed by atoms with Crippen molar-refractivity contribution in [3.8, 4) is 0 Å². The minimum atomic E-state index is -1.64. The van der Waals surface area contributed by atoms with Crippen molar-refractivity contribution in [2.24, 2.45) is 0 Å². The van der Waals surface area contributed by atoms with Crippen LogP contribution in [-0.4, -0.2) is 28.6 Å². The van der Waals surface area contributed by atoms with Gasteiger partial charge in [-0.2, -0.15) is 0 Å². The van der Waals surface area contributed by atoms with Crippen LogP contribution < -0.4 is 0 Å². The average molecular weight is 146 g/mol. The monoisotopic (exact) mass is 146 g/mol. The topological polar surface area (TPSA) is 66.8 Å². The molecule has 0 aliphatic heterocycles. The lowest BCUT2D eigenvalue weighted by molar-refractivity contribution is -0.166. The van der Waals surface area contributed by atoms with Crippen LogP contribution in [0.15, 0.2) is 12.7 Å². The van der Waals surface area contributed by atoms with E-state index in [4.69, 9.17) is 10.2 Å². The Kier molecular flexibility index (Phi) is 3.68. The minimum Gasteiger partial charge on any atom is -0.454 e. The van der Waals surface area contributed by atoms with Crippen molar-refractivity contribution in [2.75, 3.05) is 0 Å². The van der Waals surface area contributed by atoms with Crippen molar-refractivity contribution in [3.63, 3.8) is 0 Å². The lowest BCUT2D eigenvalue weighted by atomic mass is 10.4. The second-order valence-electron chi connectivity index (χ2n) is 1.76. The van der Waals surface area contributed by atoms with Gasteiger partial charge in [0.2, 0.25) is 0 Å². The Morgan fingerprint density at radius 1 is 1.70 bits per heavy atom. The molecular weight excluding hydrogens is 136 g/mol. The molecule has 0 aromatic carbocycles. The SMILES string of the molecule is C=CC(=O)OC(C)C(O)O. The molecular formula is C6H10O4. The van der Waals surface area contributed by atoms with Gasteiger partial charge < -0.3 is 14.9 Å². The van der Waals surface area contributed by atoms with Crippen LogP contribution in [0.5, 0.6) is 0 Å². The molecule has 10 heavy (non-hydrogen) atoms. The van der Waals surface area contributed by atoms with Crippen LogP contribution in [0.4, 0.5) is 0 Å². The summed E-state index contributed by atoms with van der Waals surface area (Å²) in [4.78, 5) is 10.4. The van der Waals surface area contributed by atoms with Gasteiger partial charge in [0, 0.05) is 6.08 Å². The second-order valence-corrected chi connectivity index (χ2v) is 1.76. The third-order valence-electron chi connectivity index (χ3n) is 0.889. The Hall–Kier alpha value is -0.870. The van der Waals surface area contributed by atoms with Crippen molar-refractivity contribution in [1.29, 1.82) is 0 Å². The summed E-state index contributed by atoms with van der Waals surface area (Å²) in [5, 5.41) is 16.8. The highest BCUT2D eigenvalue weighted by Gasteiger charge is 2.13. The average Bonchev–Trinajstić information content (AvgIpc) is 1.87. The Labute approximate surface area is 58.7 Å². The largest absolute Gasteiger partial charge is 0.454 e. The fraction of sp³-hybridized carbons (Fsp3) is 0.500. The first-order chi connectivity index (χ1) is 4.57. The van der Waals surface area contributed by atoms with Gasteiger partial charge in [-0.1, -0.05) is 6.58 Å². The summed E-state index contributed by atoms with van der Waals surface area (Å²) in [7, 11) is 0. The van der Waals surface area contributed by atoms with Crippen molar-refractivity contribution < 1.29 is 19.7 Å². The van der Waals surface area contributed by atoms with Gasteiger partial charge >= 0.3 is 5.97 Å². The molecule has 0 rings (SSSR count). The van der Waals surface area contributed by atoms with Gasteiger partial charge in [-0.15, -0.1) is 0 Å². The lowest BCUT2D eigenvalue weighted by Crippen LogP contribution is -2.27. The molecule has 0 heterocycles. The Morgan fingerprint density at radius 2 is 2.20 bits per heavy atom. The van der Waals surface area contributed by atoms with E-state index in [9.17, 15) is 4.79 Å². The molecule has 0 fully saturated rings. The first kappa shape index (κ1) is 9.13. The van der Waals surface area contributed by atoms with Crippen LogP contribution in [0.1, 0.15) is 6.92 Å². The first-order valence-corrected chi connectivity index (χ1v) is 2.77. The molecule has 0 radical (unpaired) electrons. The zero-order valence-corrected chi connectivity index (χ0v) is 5.65. The number of carbonyl (C=O) groups excluding carboxylic acids is 1. The zero-order chi connectivity index (χ0) is 8.15. The standard InChI is InChI=1S/C6H10O4/c1-3-5(7)10-4(2)6(8)9/h3-4,6,8-9H,1H2,2H3. The van der Waals surface area contributed by atoms with Crippen LogP contribution in [0.2, 0.25) is 0 Å². The number of aliphatic hydroxyl groups excluding tert-OH is 1. The van der Waals surface area contributed by atoms with Crippen LogP contribution in [0, 0.1) is 0 Å². The molecule has 0 aliphatic rings. The van der Waals surface area contributed by atoms with Crippen molar-refractivity contribution in [3.05, 3.63) is 12.7 Å². The molecule has 0 saturated carbocycles. The fourth-order valence-electron chi connectivity index (χ4n) is 0.292. The highest BCUT2D eigenvalue weighted by atomic mass is 16.6. The maximum absolute atomic E-state index is 10.4. The number of ether oxygens (including phenoxy) is 1. The van der Waals surface area contributed by atoms with Crippen LogP contribution >= 0.6 is 0 Å². The van der Waals surface area contributed by atoms with E-state index in [0.717, 1.165) is 6.08 Å². The van der Waals surface area contributed by atoms with E-state index in [2.05, 4.69) is 11.3 Å². The summed E-state index contributed by atoms with van der Waals surface area (Å²) in [6.07, 6.45) is -1.59. The molecule has 0 amide bonds. The van der Waals surface area contributed by atoms with Crippen molar-refractivity contribution >= 4 is 5.97 Å². The fourth-order valence-corrected chi connectivity index (χ4v) is 0.292. The molecule has 0 saturated heterocycles. The predicted molar refractivity (Wildman–Crippen MR) is 34.0 cm³/mol. The number of esters is 1. The van der Waals surface area contributed by atoms with Crippen LogP contribution in [-0.2, 0) is 9.53 Å². The van der Waals surface area contributed by atoms with E-state index < -0.39 is 18.4 Å². The van der Waals surface area contributed by atoms with E-state index in [0.29, 0.717) is 0 Å². The van der Waals surface area contributed by atoms with Gasteiger partial charge in [-0.25, -0.2) is 4.79 Å². The highest BCUT2D eigenvalue weighted by molar-refractivity contribution is 5.81.